The maximum absolute atomic E-state index is 12.9. The predicted octanol–water partition coefficient (Wildman–Crippen LogP) is 2.60. The van der Waals surface area contributed by atoms with Gasteiger partial charge in [0.2, 0.25) is 20.0 Å². The number of hydrogen-bond donors (Lipinski definition) is 2. The molecule has 0 aliphatic carbocycles. The molecule has 0 heterocycles. The smallest absolute Gasteiger partial charge is 0.225 e. The van der Waals surface area contributed by atoms with Crippen LogP contribution in [0.5, 0.6) is 0 Å². The SMILES string of the molecule is NS(=O)(=O)c1cccc(S(=O)(=O)N[C@H](Cc2ccccc2)c2ccccc2)c1. The molecule has 1 atom stereocenters. The minimum Gasteiger partial charge on any atom is -0.225 e. The zero-order valence-electron chi connectivity index (χ0n) is 14.9. The summed E-state index contributed by atoms with van der Waals surface area (Å²) in [5, 5.41) is 5.12. The van der Waals surface area contributed by atoms with Gasteiger partial charge in [-0.25, -0.2) is 26.7 Å². The molecule has 6 nitrogen and oxygen atoms in total. The molecule has 8 heteroatoms. The Bertz CT molecular complexity index is 1150. The Morgan fingerprint density at radius 1 is 0.750 bits per heavy atom. The van der Waals surface area contributed by atoms with Gasteiger partial charge in [-0.15, -0.1) is 0 Å². The van der Waals surface area contributed by atoms with Gasteiger partial charge in [-0.1, -0.05) is 66.7 Å². The van der Waals surface area contributed by atoms with Crippen LogP contribution in [-0.4, -0.2) is 16.8 Å². The highest BCUT2D eigenvalue weighted by Crippen LogP contribution is 2.22. The summed E-state index contributed by atoms with van der Waals surface area (Å²) >= 11 is 0. The second kappa shape index (κ2) is 8.24. The van der Waals surface area contributed by atoms with E-state index in [4.69, 9.17) is 5.14 Å². The summed E-state index contributed by atoms with van der Waals surface area (Å²) in [6, 6.07) is 23.2. The molecule has 28 heavy (non-hydrogen) atoms. The lowest BCUT2D eigenvalue weighted by atomic mass is 10.00. The van der Waals surface area contributed by atoms with Crippen LogP contribution in [0, 0.1) is 0 Å². The maximum Gasteiger partial charge on any atom is 0.241 e. The van der Waals surface area contributed by atoms with Gasteiger partial charge < -0.3 is 0 Å². The van der Waals surface area contributed by atoms with Gasteiger partial charge in [-0.05, 0) is 35.7 Å². The van der Waals surface area contributed by atoms with Gasteiger partial charge in [0.25, 0.3) is 0 Å². The number of nitrogens with two attached hydrogens (primary N) is 1. The van der Waals surface area contributed by atoms with Crippen LogP contribution in [0.2, 0.25) is 0 Å². The number of benzene rings is 3. The van der Waals surface area contributed by atoms with Gasteiger partial charge in [0, 0.05) is 0 Å². The zero-order chi connectivity index (χ0) is 20.2. The first kappa shape index (κ1) is 20.2. The number of nitrogens with one attached hydrogen (secondary N) is 1. The summed E-state index contributed by atoms with van der Waals surface area (Å²) in [4.78, 5) is -0.414. The molecule has 3 aromatic rings. The Morgan fingerprint density at radius 2 is 1.32 bits per heavy atom. The van der Waals surface area contributed by atoms with Crippen molar-refractivity contribution in [2.45, 2.75) is 22.3 Å². The molecule has 3 aromatic carbocycles. The standard InChI is InChI=1S/C20H20N2O4S2/c21-27(23,24)18-12-7-13-19(15-18)28(25,26)22-20(17-10-5-2-6-11-17)14-16-8-3-1-4-9-16/h1-13,15,20,22H,14H2,(H2,21,23,24)/t20-/m1/s1. The minimum absolute atomic E-state index is 0.159. The summed E-state index contributed by atoms with van der Waals surface area (Å²) < 4.78 is 51.7. The van der Waals surface area contributed by atoms with E-state index in [1.165, 1.54) is 18.2 Å². The van der Waals surface area contributed by atoms with Gasteiger partial charge in [0.15, 0.2) is 0 Å². The van der Waals surface area contributed by atoms with Crippen LogP contribution in [0.3, 0.4) is 0 Å². The number of sulfonamides is 2. The third-order valence-electron chi connectivity index (χ3n) is 4.23. The summed E-state index contributed by atoms with van der Waals surface area (Å²) in [5.41, 5.74) is 1.77. The van der Waals surface area contributed by atoms with Gasteiger partial charge in [-0.3, -0.25) is 0 Å². The molecule has 0 saturated heterocycles. The van der Waals surface area contributed by atoms with Crippen LogP contribution < -0.4 is 9.86 Å². The molecule has 0 unspecified atom stereocenters. The molecular weight excluding hydrogens is 396 g/mol. The Balaban J connectivity index is 1.96. The number of hydrogen-bond acceptors (Lipinski definition) is 4. The van der Waals surface area contributed by atoms with E-state index < -0.39 is 26.1 Å². The summed E-state index contributed by atoms with van der Waals surface area (Å²) in [7, 11) is -7.99. The van der Waals surface area contributed by atoms with Crippen molar-refractivity contribution in [2.24, 2.45) is 5.14 Å². The maximum atomic E-state index is 12.9. The van der Waals surface area contributed by atoms with E-state index >= 15 is 0 Å². The number of rotatable bonds is 7. The van der Waals surface area contributed by atoms with E-state index in [0.717, 1.165) is 17.2 Å². The summed E-state index contributed by atoms with van der Waals surface area (Å²) in [6.07, 6.45) is 0.443. The van der Waals surface area contributed by atoms with E-state index in [0.29, 0.717) is 6.42 Å². The molecular formula is C20H20N2O4S2. The average Bonchev–Trinajstić information content (AvgIpc) is 2.68. The molecule has 0 fully saturated rings. The van der Waals surface area contributed by atoms with Crippen molar-refractivity contribution in [3.8, 4) is 0 Å². The van der Waals surface area contributed by atoms with Crippen molar-refractivity contribution in [3.63, 3.8) is 0 Å². The second-order valence-corrected chi connectivity index (χ2v) is 9.57. The van der Waals surface area contributed by atoms with E-state index in [1.807, 2.05) is 60.7 Å². The normalized spacial score (nSPS) is 13.2. The Kier molecular flexibility index (Phi) is 5.95. The van der Waals surface area contributed by atoms with Crippen molar-refractivity contribution in [1.29, 1.82) is 0 Å². The van der Waals surface area contributed by atoms with Crippen molar-refractivity contribution >= 4 is 20.0 Å². The topological polar surface area (TPSA) is 106 Å². The fraction of sp³-hybridized carbons (Fsp3) is 0.100. The highest BCUT2D eigenvalue weighted by Gasteiger charge is 2.23. The predicted molar refractivity (Wildman–Crippen MR) is 107 cm³/mol. The lowest BCUT2D eigenvalue weighted by Gasteiger charge is -2.20. The molecule has 0 amide bonds. The highest BCUT2D eigenvalue weighted by atomic mass is 32.2. The molecule has 0 aliphatic rings. The van der Waals surface area contributed by atoms with Crippen molar-refractivity contribution in [1.82, 2.24) is 4.72 Å². The monoisotopic (exact) mass is 416 g/mol. The molecule has 3 rings (SSSR count). The molecule has 0 radical (unpaired) electrons. The second-order valence-electron chi connectivity index (χ2n) is 6.29. The summed E-state index contributed by atoms with van der Waals surface area (Å²) in [6.45, 7) is 0. The molecule has 0 aromatic heterocycles. The van der Waals surface area contributed by atoms with Gasteiger partial charge in [0.05, 0.1) is 15.8 Å². The first-order valence-electron chi connectivity index (χ1n) is 8.50. The number of primary sulfonamides is 1. The quantitative estimate of drug-likeness (QED) is 0.617. The Hall–Kier alpha value is -2.52. The fourth-order valence-corrected chi connectivity index (χ4v) is 4.74. The van der Waals surface area contributed by atoms with Crippen LogP contribution >= 0.6 is 0 Å². The lowest BCUT2D eigenvalue weighted by molar-refractivity contribution is 0.554. The third-order valence-corrected chi connectivity index (χ3v) is 6.61. The largest absolute Gasteiger partial charge is 0.241 e. The molecule has 0 saturated carbocycles. The van der Waals surface area contributed by atoms with Crippen LogP contribution in [0.4, 0.5) is 0 Å². The van der Waals surface area contributed by atoms with Gasteiger partial charge >= 0.3 is 0 Å². The fourth-order valence-electron chi connectivity index (χ4n) is 2.84. The van der Waals surface area contributed by atoms with Crippen molar-refractivity contribution in [3.05, 3.63) is 96.1 Å². The van der Waals surface area contributed by atoms with E-state index in [1.54, 1.807) is 0 Å². The highest BCUT2D eigenvalue weighted by molar-refractivity contribution is 7.90. The van der Waals surface area contributed by atoms with Gasteiger partial charge in [0.1, 0.15) is 0 Å². The van der Waals surface area contributed by atoms with E-state index in [-0.39, 0.29) is 9.79 Å². The van der Waals surface area contributed by atoms with Crippen molar-refractivity contribution < 1.29 is 16.8 Å². The van der Waals surface area contributed by atoms with Crippen LogP contribution in [0.25, 0.3) is 0 Å². The average molecular weight is 417 g/mol. The molecule has 0 aliphatic heterocycles. The van der Waals surface area contributed by atoms with E-state index in [2.05, 4.69) is 4.72 Å². The van der Waals surface area contributed by atoms with Crippen LogP contribution in [0.1, 0.15) is 17.2 Å². The molecule has 3 N–H and O–H groups in total. The lowest BCUT2D eigenvalue weighted by Crippen LogP contribution is -2.30. The molecule has 146 valence electrons. The first-order chi connectivity index (χ1) is 13.3. The minimum atomic E-state index is -4.01. The Morgan fingerprint density at radius 3 is 1.93 bits per heavy atom. The Labute approximate surface area is 165 Å². The summed E-state index contributed by atoms with van der Waals surface area (Å²) in [5.74, 6) is 0. The van der Waals surface area contributed by atoms with Crippen LogP contribution in [0.15, 0.2) is 94.7 Å². The van der Waals surface area contributed by atoms with E-state index in [9.17, 15) is 16.8 Å². The van der Waals surface area contributed by atoms with Crippen molar-refractivity contribution in [2.75, 3.05) is 0 Å². The van der Waals surface area contributed by atoms with Crippen LogP contribution in [-0.2, 0) is 26.5 Å². The van der Waals surface area contributed by atoms with Gasteiger partial charge in [-0.2, -0.15) is 0 Å². The first-order valence-corrected chi connectivity index (χ1v) is 11.5. The molecule has 0 bridgehead atoms. The molecule has 0 spiro atoms. The third kappa shape index (κ3) is 5.05. The zero-order valence-corrected chi connectivity index (χ0v) is 16.5.